The van der Waals surface area contributed by atoms with Crippen molar-refractivity contribution in [2.45, 2.75) is 45.1 Å². The van der Waals surface area contributed by atoms with E-state index in [1.807, 2.05) is 28.8 Å². The predicted octanol–water partition coefficient (Wildman–Crippen LogP) is 4.43. The van der Waals surface area contributed by atoms with E-state index in [0.717, 1.165) is 36.6 Å². The first kappa shape index (κ1) is 16.6. The van der Waals surface area contributed by atoms with Crippen LogP contribution in [0.2, 0.25) is 5.15 Å². The number of carbonyl (C=O) groups is 1. The Hall–Kier alpha value is -1.81. The summed E-state index contributed by atoms with van der Waals surface area (Å²) >= 11 is 6.26. The second-order valence-corrected chi connectivity index (χ2v) is 7.72. The van der Waals surface area contributed by atoms with E-state index < -0.39 is 0 Å². The van der Waals surface area contributed by atoms with Crippen molar-refractivity contribution < 1.29 is 4.79 Å². The molecule has 1 amide bonds. The Morgan fingerprint density at radius 2 is 2.12 bits per heavy atom. The largest absolute Gasteiger partial charge is 0.336 e. The van der Waals surface area contributed by atoms with Crippen LogP contribution in [0.3, 0.4) is 0 Å². The second-order valence-electron chi connectivity index (χ2n) is 7.36. The number of amides is 1. The van der Waals surface area contributed by atoms with E-state index in [2.05, 4.69) is 16.8 Å². The number of halogens is 1. The lowest BCUT2D eigenvalue weighted by Crippen LogP contribution is -2.51. The highest BCUT2D eigenvalue weighted by Gasteiger charge is 2.38. The molecular weight excluding hydrogens is 334 g/mol. The highest BCUT2D eigenvalue weighted by molar-refractivity contribution is 6.31. The number of likely N-dealkylation sites (tertiary alicyclic amines) is 1. The van der Waals surface area contributed by atoms with Crippen molar-refractivity contribution in [1.29, 1.82) is 0 Å². The summed E-state index contributed by atoms with van der Waals surface area (Å²) in [6.07, 6.45) is 11.4. The second kappa shape index (κ2) is 6.83. The van der Waals surface area contributed by atoms with Crippen molar-refractivity contribution in [2.75, 3.05) is 6.54 Å². The average molecular weight is 358 g/mol. The van der Waals surface area contributed by atoms with E-state index in [0.29, 0.717) is 17.1 Å². The van der Waals surface area contributed by atoms with Gasteiger partial charge in [-0.15, -0.1) is 0 Å². The Morgan fingerprint density at radius 3 is 3.00 bits per heavy atom. The molecule has 3 unspecified atom stereocenters. The van der Waals surface area contributed by atoms with Gasteiger partial charge in [0.05, 0.1) is 5.69 Å². The zero-order chi connectivity index (χ0) is 17.4. The molecule has 2 aromatic rings. The molecule has 2 aromatic heterocycles. The zero-order valence-electron chi connectivity index (χ0n) is 14.6. The van der Waals surface area contributed by atoms with E-state index in [1.54, 1.807) is 12.2 Å². The van der Waals surface area contributed by atoms with Crippen molar-refractivity contribution in [3.05, 3.63) is 41.3 Å². The minimum absolute atomic E-state index is 0.103. The van der Waals surface area contributed by atoms with Gasteiger partial charge in [-0.2, -0.15) is 0 Å². The molecular formula is C20H24ClN3O. The third-order valence-electron chi connectivity index (χ3n) is 5.93. The van der Waals surface area contributed by atoms with Crippen LogP contribution in [0, 0.1) is 11.8 Å². The molecule has 4 nitrogen and oxygen atoms in total. The normalized spacial score (nSPS) is 27.0. The molecule has 1 saturated carbocycles. The summed E-state index contributed by atoms with van der Waals surface area (Å²) in [5.74, 6) is 1.50. The van der Waals surface area contributed by atoms with E-state index in [4.69, 9.17) is 11.6 Å². The zero-order valence-corrected chi connectivity index (χ0v) is 15.3. The van der Waals surface area contributed by atoms with Gasteiger partial charge in [0.2, 0.25) is 5.91 Å². The molecule has 4 rings (SSSR count). The SMILES string of the molecule is CC1CCN(C(=O)/C=C/c2c(Cl)nc3ccccn23)C2CCCCC12. The standard InChI is InChI=1S/C20H24ClN3O/c1-14-11-13-24(16-7-3-2-6-15(14)16)19(25)10-9-17-20(21)22-18-8-4-5-12-23(17)18/h4-5,8-10,12,14-16H,2-3,6-7,11,13H2,1H3/b10-9+. The van der Waals surface area contributed by atoms with Crippen LogP contribution in [0.15, 0.2) is 30.5 Å². The number of imidazole rings is 1. The number of fused-ring (bicyclic) bond motifs is 2. The molecule has 5 heteroatoms. The molecule has 3 heterocycles. The Labute approximate surface area is 153 Å². The lowest BCUT2D eigenvalue weighted by atomic mass is 9.72. The Bertz CT molecular complexity index is 812. The monoisotopic (exact) mass is 357 g/mol. The molecule has 0 bridgehead atoms. The first-order chi connectivity index (χ1) is 12.1. The molecule has 1 aliphatic carbocycles. The van der Waals surface area contributed by atoms with Crippen LogP contribution < -0.4 is 0 Å². The molecule has 132 valence electrons. The minimum Gasteiger partial charge on any atom is -0.336 e. The van der Waals surface area contributed by atoms with Crippen molar-refractivity contribution in [3.8, 4) is 0 Å². The number of nitrogens with zero attached hydrogens (tertiary/aromatic N) is 3. The van der Waals surface area contributed by atoms with Crippen LogP contribution in [-0.2, 0) is 4.79 Å². The topological polar surface area (TPSA) is 37.6 Å². The minimum atomic E-state index is 0.103. The molecule has 2 aliphatic rings. The van der Waals surface area contributed by atoms with Gasteiger partial charge in [-0.1, -0.05) is 37.4 Å². The van der Waals surface area contributed by atoms with Gasteiger partial charge >= 0.3 is 0 Å². The van der Waals surface area contributed by atoms with Crippen molar-refractivity contribution in [3.63, 3.8) is 0 Å². The maximum absolute atomic E-state index is 12.9. The van der Waals surface area contributed by atoms with Gasteiger partial charge in [0.15, 0.2) is 5.15 Å². The highest BCUT2D eigenvalue weighted by atomic mass is 35.5. The summed E-state index contributed by atoms with van der Waals surface area (Å²) < 4.78 is 1.91. The fourth-order valence-corrected chi connectivity index (χ4v) is 4.81. The van der Waals surface area contributed by atoms with E-state index in [9.17, 15) is 4.79 Å². The van der Waals surface area contributed by atoms with E-state index in [-0.39, 0.29) is 5.91 Å². The summed E-state index contributed by atoms with van der Waals surface area (Å²) in [5.41, 5.74) is 1.55. The summed E-state index contributed by atoms with van der Waals surface area (Å²) in [5, 5.41) is 0.429. The van der Waals surface area contributed by atoms with Gasteiger partial charge in [0, 0.05) is 24.9 Å². The molecule has 2 fully saturated rings. The molecule has 0 aromatic carbocycles. The number of rotatable bonds is 2. The summed E-state index contributed by atoms with van der Waals surface area (Å²) in [4.78, 5) is 19.3. The molecule has 0 N–H and O–H groups in total. The Kier molecular flexibility index (Phi) is 4.55. The van der Waals surface area contributed by atoms with Crippen LogP contribution >= 0.6 is 11.6 Å². The molecule has 0 radical (unpaired) electrons. The quantitative estimate of drug-likeness (QED) is 0.746. The number of hydrogen-bond donors (Lipinski definition) is 0. The predicted molar refractivity (Wildman–Crippen MR) is 100 cm³/mol. The first-order valence-corrected chi connectivity index (χ1v) is 9.64. The van der Waals surface area contributed by atoms with E-state index in [1.165, 1.54) is 19.3 Å². The number of hydrogen-bond acceptors (Lipinski definition) is 2. The fraction of sp³-hybridized carbons (Fsp3) is 0.500. The maximum Gasteiger partial charge on any atom is 0.246 e. The maximum atomic E-state index is 12.9. The van der Waals surface area contributed by atoms with Crippen LogP contribution in [0.1, 0.15) is 44.7 Å². The number of carbonyl (C=O) groups excluding carboxylic acids is 1. The van der Waals surface area contributed by atoms with Crippen LogP contribution in [-0.4, -0.2) is 32.8 Å². The Balaban J connectivity index is 1.56. The first-order valence-electron chi connectivity index (χ1n) is 9.26. The van der Waals surface area contributed by atoms with Crippen molar-refractivity contribution in [2.24, 2.45) is 11.8 Å². The van der Waals surface area contributed by atoms with Gasteiger partial charge in [-0.3, -0.25) is 9.20 Å². The molecule has 0 spiro atoms. The number of aromatic nitrogens is 2. The summed E-state index contributed by atoms with van der Waals surface area (Å²) in [7, 11) is 0. The highest BCUT2D eigenvalue weighted by Crippen LogP contribution is 2.38. The van der Waals surface area contributed by atoms with Gasteiger partial charge in [-0.25, -0.2) is 4.98 Å². The molecule has 1 aliphatic heterocycles. The van der Waals surface area contributed by atoms with E-state index >= 15 is 0 Å². The van der Waals surface area contributed by atoms with Gasteiger partial charge in [-0.05, 0) is 49.3 Å². The third-order valence-corrected chi connectivity index (χ3v) is 6.21. The average Bonchev–Trinajstić information content (AvgIpc) is 2.95. The fourth-order valence-electron chi connectivity index (χ4n) is 4.57. The number of pyridine rings is 1. The van der Waals surface area contributed by atoms with Crippen LogP contribution in [0.5, 0.6) is 0 Å². The van der Waals surface area contributed by atoms with Gasteiger partial charge in [0.25, 0.3) is 0 Å². The smallest absolute Gasteiger partial charge is 0.246 e. The molecule has 3 atom stereocenters. The van der Waals surface area contributed by atoms with Crippen molar-refractivity contribution >= 4 is 29.2 Å². The van der Waals surface area contributed by atoms with Crippen LogP contribution in [0.25, 0.3) is 11.7 Å². The molecule has 25 heavy (non-hydrogen) atoms. The number of piperidine rings is 1. The third kappa shape index (κ3) is 3.08. The lowest BCUT2D eigenvalue weighted by Gasteiger charge is -2.47. The molecule has 1 saturated heterocycles. The van der Waals surface area contributed by atoms with Crippen molar-refractivity contribution in [1.82, 2.24) is 14.3 Å². The Morgan fingerprint density at radius 1 is 1.28 bits per heavy atom. The summed E-state index contributed by atoms with van der Waals surface area (Å²) in [6.45, 7) is 3.21. The lowest BCUT2D eigenvalue weighted by molar-refractivity contribution is -0.133. The summed E-state index contributed by atoms with van der Waals surface area (Å²) in [6, 6.07) is 6.18. The van der Waals surface area contributed by atoms with Crippen LogP contribution in [0.4, 0.5) is 0 Å². The van der Waals surface area contributed by atoms with Gasteiger partial charge < -0.3 is 4.90 Å². The van der Waals surface area contributed by atoms with Gasteiger partial charge in [0.1, 0.15) is 5.65 Å².